The number of carbonyl (C=O) groups excluding carboxylic acids is 1. The van der Waals surface area contributed by atoms with Gasteiger partial charge in [-0.3, -0.25) is 4.79 Å². The third-order valence-corrected chi connectivity index (χ3v) is 1.22. The second-order valence-electron chi connectivity index (χ2n) is 2.08. The van der Waals surface area contributed by atoms with Crippen molar-refractivity contribution in [2.75, 3.05) is 0 Å². The van der Waals surface area contributed by atoms with Gasteiger partial charge in [-0.2, -0.15) is 0 Å². The van der Waals surface area contributed by atoms with E-state index in [1.54, 1.807) is 0 Å². The van der Waals surface area contributed by atoms with Crippen LogP contribution in [-0.2, 0) is 4.79 Å². The lowest BCUT2D eigenvalue weighted by atomic mass is 10.2. The number of nitrogens with two attached hydrogens (primary N) is 1. The SMILES string of the molecule is CCCCC(=O)C(=NN)[N+]#N. The molecule has 5 nitrogen and oxygen atoms in total. The van der Waals surface area contributed by atoms with Gasteiger partial charge in [0, 0.05) is 11.4 Å². The molecule has 0 unspecified atom stereocenters. The molecule has 0 amide bonds. The van der Waals surface area contributed by atoms with Gasteiger partial charge < -0.3 is 0 Å². The number of rotatable bonds is 4. The summed E-state index contributed by atoms with van der Waals surface area (Å²) < 4.78 is 0. The Labute approximate surface area is 64.9 Å². The van der Waals surface area contributed by atoms with Crippen LogP contribution in [0.3, 0.4) is 0 Å². The maximum atomic E-state index is 10.9. The number of hydrogen-bond acceptors (Lipinski definition) is 4. The standard InChI is InChI=1S/C6H10N4O/c1-2-3-4-5(11)6(9-7)10-8/h2-4H2,1H3,(H-,7,11)/p+1. The number of hydrazone groups is 1. The van der Waals surface area contributed by atoms with Crippen LogP contribution in [0.5, 0.6) is 0 Å². The maximum Gasteiger partial charge on any atom is 0.528 e. The Hall–Kier alpha value is -1.44. The number of amidine groups is 1. The molecule has 0 saturated heterocycles. The van der Waals surface area contributed by atoms with Crippen molar-refractivity contribution in [1.82, 2.24) is 0 Å². The summed E-state index contributed by atoms with van der Waals surface area (Å²) in [6, 6.07) is 0. The van der Waals surface area contributed by atoms with E-state index >= 15 is 0 Å². The minimum absolute atomic E-state index is 0.307. The number of Topliss-reactive ketones (excluding diaryl/α,β-unsaturated/α-hetero) is 1. The first-order chi connectivity index (χ1) is 5.26. The van der Waals surface area contributed by atoms with Crippen LogP contribution >= 0.6 is 0 Å². The van der Waals surface area contributed by atoms with E-state index in [1.807, 2.05) is 6.92 Å². The third kappa shape index (κ3) is 3.30. The fourth-order valence-corrected chi connectivity index (χ4v) is 0.603. The quantitative estimate of drug-likeness (QED) is 0.215. The molecular formula is C6H11N4O+. The predicted molar refractivity (Wildman–Crippen MR) is 41.2 cm³/mol. The fourth-order valence-electron chi connectivity index (χ4n) is 0.603. The monoisotopic (exact) mass is 155 g/mol. The molecule has 0 radical (unpaired) electrons. The number of nitrogens with zero attached hydrogens (tertiary/aromatic N) is 3. The molecule has 0 aromatic rings. The molecule has 0 aliphatic heterocycles. The number of hydrogen-bond donors (Lipinski definition) is 1. The van der Waals surface area contributed by atoms with Crippen molar-refractivity contribution in [2.24, 2.45) is 10.9 Å². The number of ketones is 1. The largest absolute Gasteiger partial charge is 0.528 e. The van der Waals surface area contributed by atoms with Gasteiger partial charge in [0.15, 0.2) is 0 Å². The smallest absolute Gasteiger partial charge is 0.284 e. The van der Waals surface area contributed by atoms with Crippen molar-refractivity contribution in [3.05, 3.63) is 4.98 Å². The van der Waals surface area contributed by atoms with Crippen LogP contribution in [0.15, 0.2) is 5.10 Å². The summed E-state index contributed by atoms with van der Waals surface area (Å²) >= 11 is 0. The molecule has 0 aromatic carbocycles. The molecule has 0 fully saturated rings. The van der Waals surface area contributed by atoms with Gasteiger partial charge in [-0.15, -0.1) is 0 Å². The van der Waals surface area contributed by atoms with E-state index in [1.165, 1.54) is 0 Å². The van der Waals surface area contributed by atoms with Crippen LogP contribution in [-0.4, -0.2) is 11.6 Å². The number of unbranched alkanes of at least 4 members (excludes halogenated alkanes) is 1. The molecule has 0 aromatic heterocycles. The zero-order chi connectivity index (χ0) is 8.69. The first-order valence-corrected chi connectivity index (χ1v) is 3.42. The zero-order valence-electron chi connectivity index (χ0n) is 6.45. The lowest BCUT2D eigenvalue weighted by molar-refractivity contribution is -0.113. The second kappa shape index (κ2) is 5.35. The van der Waals surface area contributed by atoms with Crippen LogP contribution in [0.4, 0.5) is 0 Å². The number of diazo groups is 1. The third-order valence-electron chi connectivity index (χ3n) is 1.22. The summed E-state index contributed by atoms with van der Waals surface area (Å²) in [6.45, 7) is 1.96. The average Bonchev–Trinajstić information content (AvgIpc) is 2.03. The molecule has 0 rings (SSSR count). The first kappa shape index (κ1) is 9.56. The molecule has 0 bridgehead atoms. The highest BCUT2D eigenvalue weighted by molar-refractivity contribution is 6.42. The Balaban J connectivity index is 3.94. The van der Waals surface area contributed by atoms with Crippen LogP contribution in [0, 0.1) is 5.39 Å². The van der Waals surface area contributed by atoms with E-state index in [-0.39, 0.29) is 11.6 Å². The summed E-state index contributed by atoms with van der Waals surface area (Å²) in [7, 11) is 0. The summed E-state index contributed by atoms with van der Waals surface area (Å²) in [5.74, 6) is 4.14. The van der Waals surface area contributed by atoms with Crippen LogP contribution in [0.2, 0.25) is 0 Å². The van der Waals surface area contributed by atoms with Gasteiger partial charge in [0.2, 0.25) is 0 Å². The van der Waals surface area contributed by atoms with Gasteiger partial charge in [-0.1, -0.05) is 13.3 Å². The lowest BCUT2D eigenvalue weighted by Crippen LogP contribution is -2.11. The van der Waals surface area contributed by atoms with Gasteiger partial charge in [0.25, 0.3) is 5.78 Å². The molecule has 5 heteroatoms. The minimum atomic E-state index is -0.322. The molecule has 0 spiro atoms. The molecule has 0 saturated carbocycles. The maximum absolute atomic E-state index is 10.9. The highest BCUT2D eigenvalue weighted by Crippen LogP contribution is 1.97. The van der Waals surface area contributed by atoms with E-state index in [4.69, 9.17) is 11.2 Å². The molecule has 60 valence electrons. The first-order valence-electron chi connectivity index (χ1n) is 3.42. The van der Waals surface area contributed by atoms with Crippen LogP contribution < -0.4 is 5.84 Å². The average molecular weight is 155 g/mol. The Kier molecular flexibility index (Phi) is 4.65. The second-order valence-corrected chi connectivity index (χ2v) is 2.08. The lowest BCUT2D eigenvalue weighted by Gasteiger charge is -1.86. The topological polar surface area (TPSA) is 83.6 Å². The summed E-state index contributed by atoms with van der Waals surface area (Å²) in [5.41, 5.74) is 0. The molecular weight excluding hydrogens is 144 g/mol. The highest BCUT2D eigenvalue weighted by atomic mass is 16.1. The Morgan fingerprint density at radius 3 is 2.73 bits per heavy atom. The predicted octanol–water partition coefficient (Wildman–Crippen LogP) is 0.871. The number of carbonyl (C=O) groups is 1. The normalized spacial score (nSPS) is 10.7. The molecule has 11 heavy (non-hydrogen) atoms. The van der Waals surface area contributed by atoms with E-state index in [0.29, 0.717) is 6.42 Å². The molecule has 0 heterocycles. The summed E-state index contributed by atoms with van der Waals surface area (Å²) in [6.07, 6.45) is 2.00. The Bertz CT molecular complexity index is 203. The van der Waals surface area contributed by atoms with Crippen molar-refractivity contribution in [3.8, 4) is 0 Å². The van der Waals surface area contributed by atoms with Gasteiger partial charge in [0.1, 0.15) is 0 Å². The van der Waals surface area contributed by atoms with Gasteiger partial charge in [-0.05, 0) is 6.42 Å². The van der Waals surface area contributed by atoms with Gasteiger partial charge in [0.05, 0.1) is 10.5 Å². The highest BCUT2D eigenvalue weighted by Gasteiger charge is 2.21. The Morgan fingerprint density at radius 2 is 2.36 bits per heavy atom. The van der Waals surface area contributed by atoms with Crippen LogP contribution in [0.1, 0.15) is 26.2 Å². The van der Waals surface area contributed by atoms with Crippen LogP contribution in [0.25, 0.3) is 4.98 Å². The fraction of sp³-hybridized carbons (Fsp3) is 0.667. The van der Waals surface area contributed by atoms with E-state index in [2.05, 4.69) is 10.1 Å². The van der Waals surface area contributed by atoms with Crippen molar-refractivity contribution < 1.29 is 4.79 Å². The van der Waals surface area contributed by atoms with Crippen molar-refractivity contribution >= 4 is 11.6 Å². The van der Waals surface area contributed by atoms with Crippen molar-refractivity contribution in [1.29, 1.82) is 5.39 Å². The zero-order valence-corrected chi connectivity index (χ0v) is 6.45. The minimum Gasteiger partial charge on any atom is -0.284 e. The molecule has 0 aliphatic rings. The molecule has 0 atom stereocenters. The van der Waals surface area contributed by atoms with E-state index < -0.39 is 0 Å². The van der Waals surface area contributed by atoms with E-state index in [0.717, 1.165) is 12.8 Å². The van der Waals surface area contributed by atoms with Gasteiger partial charge in [-0.25, -0.2) is 5.84 Å². The van der Waals surface area contributed by atoms with E-state index in [9.17, 15) is 4.79 Å². The molecule has 0 aliphatic carbocycles. The van der Waals surface area contributed by atoms with Crippen molar-refractivity contribution in [3.63, 3.8) is 0 Å². The Morgan fingerprint density at radius 1 is 1.73 bits per heavy atom. The van der Waals surface area contributed by atoms with Gasteiger partial charge >= 0.3 is 5.84 Å². The van der Waals surface area contributed by atoms with Crippen molar-refractivity contribution in [2.45, 2.75) is 26.2 Å². The summed E-state index contributed by atoms with van der Waals surface area (Å²) in [5, 5.41) is 11.2. The molecule has 2 N–H and O–H groups in total. The summed E-state index contributed by atoms with van der Waals surface area (Å²) in [4.78, 5) is 13.5.